The van der Waals surface area contributed by atoms with E-state index in [0.29, 0.717) is 18.7 Å². The molecule has 1 aliphatic heterocycles. The number of rotatable bonds is 5. The van der Waals surface area contributed by atoms with Gasteiger partial charge in [-0.3, -0.25) is 9.48 Å². The summed E-state index contributed by atoms with van der Waals surface area (Å²) in [5, 5.41) is 7.12. The average molecular weight is 347 g/mol. The van der Waals surface area contributed by atoms with Crippen LogP contribution in [0.4, 0.5) is 4.39 Å². The smallest absolute Gasteiger partial charge is 0.251 e. The van der Waals surface area contributed by atoms with Crippen LogP contribution in [0, 0.1) is 11.7 Å². The first kappa shape index (κ1) is 17.4. The van der Waals surface area contributed by atoms with Crippen molar-refractivity contribution in [1.82, 2.24) is 15.1 Å². The molecule has 1 aromatic carbocycles. The van der Waals surface area contributed by atoms with Crippen LogP contribution >= 0.6 is 0 Å². The van der Waals surface area contributed by atoms with Gasteiger partial charge in [-0.1, -0.05) is 0 Å². The number of hydrogen-bond acceptors (Lipinski definition) is 4. The van der Waals surface area contributed by atoms with Crippen molar-refractivity contribution in [1.29, 1.82) is 0 Å². The molecule has 1 fully saturated rings. The molecule has 0 saturated carbocycles. The molecule has 7 heteroatoms. The highest BCUT2D eigenvalue weighted by atomic mass is 19.1. The number of aryl methyl sites for hydroxylation is 1. The summed E-state index contributed by atoms with van der Waals surface area (Å²) in [6, 6.07) is 6.02. The molecule has 2 aromatic rings. The van der Waals surface area contributed by atoms with Crippen molar-refractivity contribution in [2.24, 2.45) is 13.0 Å². The maximum Gasteiger partial charge on any atom is 0.251 e. The van der Waals surface area contributed by atoms with E-state index in [1.165, 1.54) is 25.3 Å². The number of hydrogen-bond donors (Lipinski definition) is 1. The van der Waals surface area contributed by atoms with Crippen molar-refractivity contribution in [2.45, 2.75) is 18.9 Å². The Morgan fingerprint density at radius 3 is 3.04 bits per heavy atom. The van der Waals surface area contributed by atoms with Crippen molar-refractivity contribution in [2.75, 3.05) is 20.3 Å². The Morgan fingerprint density at radius 1 is 1.48 bits per heavy atom. The molecule has 134 valence electrons. The van der Waals surface area contributed by atoms with E-state index in [1.54, 1.807) is 10.9 Å². The Bertz CT molecular complexity index is 747. The molecule has 0 unspecified atom stereocenters. The van der Waals surface area contributed by atoms with Crippen molar-refractivity contribution >= 4 is 5.91 Å². The fourth-order valence-corrected chi connectivity index (χ4v) is 3.17. The van der Waals surface area contributed by atoms with Crippen LogP contribution in [0.25, 0.3) is 0 Å². The largest absolute Gasteiger partial charge is 0.494 e. The highest BCUT2D eigenvalue weighted by Gasteiger charge is 2.29. The number of carbonyl (C=O) groups is 1. The van der Waals surface area contributed by atoms with Gasteiger partial charge >= 0.3 is 0 Å². The van der Waals surface area contributed by atoms with E-state index in [9.17, 15) is 9.18 Å². The van der Waals surface area contributed by atoms with E-state index in [-0.39, 0.29) is 23.7 Å². The van der Waals surface area contributed by atoms with Gasteiger partial charge in [-0.05, 0) is 37.1 Å². The number of ether oxygens (including phenoxy) is 2. The molecule has 1 saturated heterocycles. The van der Waals surface area contributed by atoms with Gasteiger partial charge in [0.15, 0.2) is 11.6 Å². The molecule has 6 nitrogen and oxygen atoms in total. The molecule has 0 aliphatic carbocycles. The van der Waals surface area contributed by atoms with Gasteiger partial charge in [0.25, 0.3) is 5.91 Å². The Morgan fingerprint density at radius 2 is 2.32 bits per heavy atom. The van der Waals surface area contributed by atoms with E-state index in [2.05, 4.69) is 10.4 Å². The summed E-state index contributed by atoms with van der Waals surface area (Å²) in [5.74, 6) is -0.527. The van der Waals surface area contributed by atoms with Gasteiger partial charge in [0.2, 0.25) is 0 Å². The van der Waals surface area contributed by atoms with Gasteiger partial charge < -0.3 is 14.8 Å². The van der Waals surface area contributed by atoms with E-state index >= 15 is 0 Å². The van der Waals surface area contributed by atoms with Gasteiger partial charge in [0.05, 0.1) is 12.8 Å². The molecule has 0 spiro atoms. The number of nitrogens with zero attached hydrogens (tertiary/aromatic N) is 2. The summed E-state index contributed by atoms with van der Waals surface area (Å²) < 4.78 is 26.1. The van der Waals surface area contributed by atoms with Crippen molar-refractivity contribution < 1.29 is 18.7 Å². The van der Waals surface area contributed by atoms with Gasteiger partial charge in [0.1, 0.15) is 6.10 Å². The average Bonchev–Trinajstić information content (AvgIpc) is 3.06. The predicted octanol–water partition coefficient (Wildman–Crippen LogP) is 2.47. The molecule has 3 rings (SSSR count). The zero-order chi connectivity index (χ0) is 17.8. The summed E-state index contributed by atoms with van der Waals surface area (Å²) in [6.07, 6.45) is 3.57. The highest BCUT2D eigenvalue weighted by Crippen LogP contribution is 2.32. The summed E-state index contributed by atoms with van der Waals surface area (Å²) >= 11 is 0. The second kappa shape index (κ2) is 7.65. The topological polar surface area (TPSA) is 65.4 Å². The lowest BCUT2D eigenvalue weighted by molar-refractivity contribution is -0.0317. The third-order valence-corrected chi connectivity index (χ3v) is 4.53. The summed E-state index contributed by atoms with van der Waals surface area (Å²) in [6.45, 7) is 1.18. The zero-order valence-corrected chi connectivity index (χ0v) is 14.4. The number of methoxy groups -OCH3 is 1. The van der Waals surface area contributed by atoms with Crippen LogP contribution in [-0.4, -0.2) is 35.9 Å². The van der Waals surface area contributed by atoms with Gasteiger partial charge in [-0.15, -0.1) is 0 Å². The molecular formula is C18H22FN3O3. The number of aromatic nitrogens is 2. The van der Waals surface area contributed by atoms with Gasteiger partial charge in [-0.25, -0.2) is 4.39 Å². The Kier molecular flexibility index (Phi) is 5.33. The number of amides is 1. The normalized spacial score (nSPS) is 20.3. The number of benzene rings is 1. The highest BCUT2D eigenvalue weighted by molar-refractivity contribution is 5.94. The molecule has 1 aromatic heterocycles. The van der Waals surface area contributed by atoms with E-state index in [0.717, 1.165) is 18.5 Å². The molecule has 1 amide bonds. The quantitative estimate of drug-likeness (QED) is 0.902. The Balaban J connectivity index is 1.67. The van der Waals surface area contributed by atoms with E-state index in [1.807, 2.05) is 13.1 Å². The minimum Gasteiger partial charge on any atom is -0.494 e. The van der Waals surface area contributed by atoms with Crippen LogP contribution in [-0.2, 0) is 11.8 Å². The molecule has 1 aliphatic rings. The summed E-state index contributed by atoms with van der Waals surface area (Å²) in [7, 11) is 3.26. The van der Waals surface area contributed by atoms with Crippen molar-refractivity contribution in [3.05, 3.63) is 47.5 Å². The fourth-order valence-electron chi connectivity index (χ4n) is 3.17. The van der Waals surface area contributed by atoms with Gasteiger partial charge in [0, 0.05) is 37.9 Å². The first-order valence-corrected chi connectivity index (χ1v) is 8.31. The minimum atomic E-state index is -0.490. The minimum absolute atomic E-state index is 0.0569. The number of halogens is 1. The maximum atomic E-state index is 13.5. The second-order valence-electron chi connectivity index (χ2n) is 6.13. The predicted molar refractivity (Wildman–Crippen MR) is 89.9 cm³/mol. The molecule has 0 bridgehead atoms. The second-order valence-corrected chi connectivity index (χ2v) is 6.13. The summed E-state index contributed by atoms with van der Waals surface area (Å²) in [5.41, 5.74) is 1.37. The van der Waals surface area contributed by atoms with E-state index in [4.69, 9.17) is 9.47 Å². The molecule has 25 heavy (non-hydrogen) atoms. The van der Waals surface area contributed by atoms with E-state index < -0.39 is 5.82 Å². The molecule has 2 heterocycles. The van der Waals surface area contributed by atoms with Gasteiger partial charge in [-0.2, -0.15) is 5.10 Å². The monoisotopic (exact) mass is 347 g/mol. The van der Waals surface area contributed by atoms with Crippen LogP contribution in [0.15, 0.2) is 30.5 Å². The molecular weight excluding hydrogens is 325 g/mol. The molecule has 0 radical (unpaired) electrons. The first-order valence-electron chi connectivity index (χ1n) is 8.31. The third-order valence-electron chi connectivity index (χ3n) is 4.53. The van der Waals surface area contributed by atoms with Crippen LogP contribution in [0.1, 0.15) is 35.0 Å². The number of carbonyl (C=O) groups excluding carboxylic acids is 1. The lowest BCUT2D eigenvalue weighted by Gasteiger charge is -2.32. The third kappa shape index (κ3) is 3.82. The van der Waals surface area contributed by atoms with Crippen LogP contribution in [0.3, 0.4) is 0 Å². The molecule has 2 atom stereocenters. The standard InChI is InChI=1S/C18H22FN3O3/c1-22-15(7-8-21-22)17-13(4-3-9-25-17)11-20-18(23)12-5-6-14(19)16(10-12)24-2/h5-8,10,13,17H,3-4,9,11H2,1-2H3,(H,20,23)/t13-,17+/m0/s1. The molecule has 1 N–H and O–H groups in total. The first-order chi connectivity index (χ1) is 12.1. The Labute approximate surface area is 145 Å². The van der Waals surface area contributed by atoms with Crippen LogP contribution in [0.2, 0.25) is 0 Å². The maximum absolute atomic E-state index is 13.5. The fraction of sp³-hybridized carbons (Fsp3) is 0.444. The zero-order valence-electron chi connectivity index (χ0n) is 14.4. The SMILES string of the molecule is COc1cc(C(=O)NC[C@@H]2CCCO[C@H]2c2ccnn2C)ccc1F. The Hall–Kier alpha value is -2.41. The van der Waals surface area contributed by atoms with Crippen LogP contribution < -0.4 is 10.1 Å². The van der Waals surface area contributed by atoms with Crippen molar-refractivity contribution in [3.8, 4) is 5.75 Å². The lowest BCUT2D eigenvalue weighted by atomic mass is 9.92. The number of nitrogens with one attached hydrogen (secondary N) is 1. The lowest BCUT2D eigenvalue weighted by Crippen LogP contribution is -2.35. The van der Waals surface area contributed by atoms with Crippen molar-refractivity contribution in [3.63, 3.8) is 0 Å². The summed E-state index contributed by atoms with van der Waals surface area (Å²) in [4.78, 5) is 12.4. The van der Waals surface area contributed by atoms with Crippen LogP contribution in [0.5, 0.6) is 5.75 Å².